The lowest BCUT2D eigenvalue weighted by Crippen LogP contribution is -2.14. The van der Waals surface area contributed by atoms with Gasteiger partial charge in [-0.3, -0.25) is 4.98 Å². The minimum absolute atomic E-state index is 0.0986. The van der Waals surface area contributed by atoms with Crippen LogP contribution in [0.25, 0.3) is 5.69 Å². The van der Waals surface area contributed by atoms with Gasteiger partial charge in [0, 0.05) is 35.1 Å². The summed E-state index contributed by atoms with van der Waals surface area (Å²) in [5.41, 5.74) is 2.17. The van der Waals surface area contributed by atoms with E-state index in [2.05, 4.69) is 35.6 Å². The molecule has 0 saturated carbocycles. The van der Waals surface area contributed by atoms with Crippen LogP contribution in [0.1, 0.15) is 19.4 Å². The van der Waals surface area contributed by atoms with E-state index in [0.29, 0.717) is 0 Å². The molecule has 0 unspecified atom stereocenters. The van der Waals surface area contributed by atoms with E-state index in [4.69, 9.17) is 0 Å². The molecular formula is C11H13N3S2. The number of rotatable bonds is 3. The van der Waals surface area contributed by atoms with Gasteiger partial charge in [0.2, 0.25) is 0 Å². The Kier molecular flexibility index (Phi) is 3.25. The minimum atomic E-state index is -0.0986. The molecule has 0 aliphatic heterocycles. The Morgan fingerprint density at radius 1 is 1.38 bits per heavy atom. The summed E-state index contributed by atoms with van der Waals surface area (Å²) < 4.78 is 1.75. The molecule has 0 N–H and O–H groups in total. The van der Waals surface area contributed by atoms with Crippen molar-refractivity contribution in [1.82, 2.24) is 14.8 Å². The molecule has 0 aliphatic rings. The van der Waals surface area contributed by atoms with Gasteiger partial charge in [0.15, 0.2) is 0 Å². The molecule has 2 aromatic heterocycles. The molecule has 0 aromatic carbocycles. The number of pyridine rings is 1. The van der Waals surface area contributed by atoms with E-state index in [1.807, 2.05) is 29.2 Å². The average molecular weight is 251 g/mol. The van der Waals surface area contributed by atoms with Gasteiger partial charge in [0.1, 0.15) is 0 Å². The molecule has 2 heterocycles. The van der Waals surface area contributed by atoms with E-state index in [1.165, 1.54) is 10.8 Å². The Labute approximate surface area is 104 Å². The highest BCUT2D eigenvalue weighted by Crippen LogP contribution is 2.39. The van der Waals surface area contributed by atoms with Crippen LogP contribution < -0.4 is 0 Å². The Bertz CT molecular complexity index is 466. The maximum atomic E-state index is 4.32. The van der Waals surface area contributed by atoms with E-state index in [9.17, 15) is 0 Å². The second kappa shape index (κ2) is 4.51. The quantitative estimate of drug-likeness (QED) is 0.672. The second-order valence-electron chi connectivity index (χ2n) is 3.95. The third-order valence-electron chi connectivity index (χ3n) is 2.43. The first kappa shape index (κ1) is 11.5. The van der Waals surface area contributed by atoms with Crippen molar-refractivity contribution in [3.63, 3.8) is 0 Å². The standard InChI is InChI=1S/C11H13N3S2/c1-11(2,16-15)9-8-12-6-4-10(9)14-7-3-5-13-14/h3-8,15H,1-2H3. The molecule has 16 heavy (non-hydrogen) atoms. The molecule has 0 spiro atoms. The highest BCUT2D eigenvalue weighted by molar-refractivity contribution is 8.69. The van der Waals surface area contributed by atoms with E-state index < -0.39 is 0 Å². The van der Waals surface area contributed by atoms with Crippen LogP contribution in [0, 0.1) is 0 Å². The maximum Gasteiger partial charge on any atom is 0.0722 e. The summed E-state index contributed by atoms with van der Waals surface area (Å²) in [6.45, 7) is 4.24. The number of hydrogen-bond acceptors (Lipinski definition) is 4. The van der Waals surface area contributed by atoms with Crippen LogP contribution in [0.5, 0.6) is 0 Å². The zero-order valence-electron chi connectivity index (χ0n) is 9.16. The van der Waals surface area contributed by atoms with E-state index in [-0.39, 0.29) is 4.75 Å². The number of nitrogens with zero attached hydrogens (tertiary/aromatic N) is 3. The summed E-state index contributed by atoms with van der Waals surface area (Å²) in [4.78, 5) is 4.18. The highest BCUT2D eigenvalue weighted by atomic mass is 33.1. The number of hydrogen-bond donors (Lipinski definition) is 1. The minimum Gasteiger partial charge on any atom is -0.264 e. The van der Waals surface area contributed by atoms with E-state index >= 15 is 0 Å². The Hall–Kier alpha value is -0.940. The Morgan fingerprint density at radius 2 is 2.19 bits per heavy atom. The van der Waals surface area contributed by atoms with Crippen molar-refractivity contribution in [1.29, 1.82) is 0 Å². The van der Waals surface area contributed by atoms with Gasteiger partial charge in [-0.15, -0.1) is 11.7 Å². The lowest BCUT2D eigenvalue weighted by Gasteiger charge is -2.23. The lowest BCUT2D eigenvalue weighted by atomic mass is 10.0. The fourth-order valence-electron chi connectivity index (χ4n) is 1.51. The summed E-state index contributed by atoms with van der Waals surface area (Å²) >= 11 is 4.32. The van der Waals surface area contributed by atoms with Gasteiger partial charge in [-0.2, -0.15) is 5.10 Å². The molecule has 0 bridgehead atoms. The first-order chi connectivity index (χ1) is 7.65. The predicted octanol–water partition coefficient (Wildman–Crippen LogP) is 3.08. The third-order valence-corrected chi connectivity index (χ3v) is 4.47. The predicted molar refractivity (Wildman–Crippen MR) is 71.0 cm³/mol. The molecule has 2 aromatic rings. The van der Waals surface area contributed by atoms with Crippen molar-refractivity contribution >= 4 is 22.5 Å². The molecular weight excluding hydrogens is 238 g/mol. The van der Waals surface area contributed by atoms with Gasteiger partial charge in [0.05, 0.1) is 5.69 Å². The molecule has 0 saturated heterocycles. The van der Waals surface area contributed by atoms with E-state index in [0.717, 1.165) is 11.3 Å². The Balaban J connectivity index is 2.55. The Morgan fingerprint density at radius 3 is 2.81 bits per heavy atom. The van der Waals surface area contributed by atoms with Crippen molar-refractivity contribution in [2.24, 2.45) is 0 Å². The van der Waals surface area contributed by atoms with Gasteiger partial charge in [0.25, 0.3) is 0 Å². The highest BCUT2D eigenvalue weighted by Gasteiger charge is 2.24. The van der Waals surface area contributed by atoms with Crippen molar-refractivity contribution in [3.05, 3.63) is 42.5 Å². The zero-order valence-corrected chi connectivity index (χ0v) is 10.9. The monoisotopic (exact) mass is 251 g/mol. The zero-order chi connectivity index (χ0) is 11.6. The van der Waals surface area contributed by atoms with Crippen molar-refractivity contribution in [2.75, 3.05) is 0 Å². The average Bonchev–Trinajstić information content (AvgIpc) is 2.82. The first-order valence-corrected chi connectivity index (χ1v) is 6.79. The number of thiol groups is 1. The van der Waals surface area contributed by atoms with Crippen LogP contribution in [-0.2, 0) is 4.75 Å². The van der Waals surface area contributed by atoms with Crippen LogP contribution in [0.15, 0.2) is 36.9 Å². The van der Waals surface area contributed by atoms with Crippen LogP contribution in [-0.4, -0.2) is 14.8 Å². The molecule has 2 rings (SSSR count). The topological polar surface area (TPSA) is 30.7 Å². The molecule has 3 nitrogen and oxygen atoms in total. The van der Waals surface area contributed by atoms with E-state index in [1.54, 1.807) is 12.4 Å². The summed E-state index contributed by atoms with van der Waals surface area (Å²) in [6.07, 6.45) is 7.35. The van der Waals surface area contributed by atoms with Crippen molar-refractivity contribution < 1.29 is 0 Å². The lowest BCUT2D eigenvalue weighted by molar-refractivity contribution is 0.753. The van der Waals surface area contributed by atoms with Crippen LogP contribution in [0.4, 0.5) is 0 Å². The van der Waals surface area contributed by atoms with Crippen LogP contribution in [0.2, 0.25) is 0 Å². The van der Waals surface area contributed by atoms with Crippen molar-refractivity contribution in [3.8, 4) is 5.69 Å². The van der Waals surface area contributed by atoms with Gasteiger partial charge < -0.3 is 0 Å². The molecule has 0 amide bonds. The third kappa shape index (κ3) is 2.10. The summed E-state index contributed by atoms with van der Waals surface area (Å²) in [7, 11) is 1.50. The molecule has 0 fully saturated rings. The molecule has 0 radical (unpaired) electrons. The maximum absolute atomic E-state index is 4.32. The van der Waals surface area contributed by atoms with Gasteiger partial charge >= 0.3 is 0 Å². The smallest absolute Gasteiger partial charge is 0.0722 e. The van der Waals surface area contributed by atoms with Crippen LogP contribution in [0.3, 0.4) is 0 Å². The largest absolute Gasteiger partial charge is 0.264 e. The van der Waals surface area contributed by atoms with Gasteiger partial charge in [-0.25, -0.2) is 4.68 Å². The molecule has 84 valence electrons. The summed E-state index contributed by atoms with van der Waals surface area (Å²) in [6, 6.07) is 3.87. The molecule has 5 heteroatoms. The first-order valence-electron chi connectivity index (χ1n) is 4.92. The van der Waals surface area contributed by atoms with Crippen molar-refractivity contribution in [2.45, 2.75) is 18.6 Å². The fraction of sp³-hybridized carbons (Fsp3) is 0.273. The molecule has 0 aliphatic carbocycles. The summed E-state index contributed by atoms with van der Waals surface area (Å²) in [5.74, 6) is 0. The van der Waals surface area contributed by atoms with Crippen LogP contribution >= 0.6 is 22.5 Å². The van der Waals surface area contributed by atoms with Gasteiger partial charge in [-0.1, -0.05) is 10.8 Å². The second-order valence-corrected chi connectivity index (χ2v) is 5.70. The fourth-order valence-corrected chi connectivity index (χ4v) is 2.06. The summed E-state index contributed by atoms with van der Waals surface area (Å²) in [5, 5.41) is 4.25. The molecule has 0 atom stereocenters. The number of aromatic nitrogens is 3. The van der Waals surface area contributed by atoms with Gasteiger partial charge in [-0.05, 0) is 26.0 Å². The SMILES string of the molecule is CC(C)(SS)c1cnccc1-n1cccn1. The normalized spacial score (nSPS) is 11.7.